The zero-order chi connectivity index (χ0) is 18.6. The van der Waals surface area contributed by atoms with Gasteiger partial charge in [-0.2, -0.15) is 5.10 Å². The van der Waals surface area contributed by atoms with Crippen molar-refractivity contribution in [3.8, 4) is 5.75 Å². The number of ether oxygens (including phenoxy) is 1. The third kappa shape index (κ3) is 4.39. The average Bonchev–Trinajstić information content (AvgIpc) is 3.42. The summed E-state index contributed by atoms with van der Waals surface area (Å²) < 4.78 is 5.90. The van der Waals surface area contributed by atoms with Crippen LogP contribution < -0.4 is 4.74 Å². The minimum Gasteiger partial charge on any atom is -0.487 e. The van der Waals surface area contributed by atoms with Crippen molar-refractivity contribution in [2.75, 3.05) is 13.1 Å². The molecule has 0 aliphatic carbocycles. The van der Waals surface area contributed by atoms with Crippen molar-refractivity contribution in [3.63, 3.8) is 0 Å². The maximum Gasteiger partial charge on any atom is 0.130 e. The minimum atomic E-state index is 0.468. The Bertz CT molecular complexity index is 838. The maximum atomic E-state index is 5.90. The second kappa shape index (κ2) is 7.96. The van der Waals surface area contributed by atoms with Crippen LogP contribution in [0.15, 0.2) is 42.7 Å². The van der Waals surface area contributed by atoms with Crippen molar-refractivity contribution < 1.29 is 4.74 Å². The number of rotatable bonds is 7. The first kappa shape index (κ1) is 17.8. The van der Waals surface area contributed by atoms with Crippen LogP contribution in [0.3, 0.4) is 0 Å². The van der Waals surface area contributed by atoms with Gasteiger partial charge >= 0.3 is 0 Å². The Kier molecular flexibility index (Phi) is 5.25. The number of aromatic amines is 2. The molecule has 1 atom stereocenters. The molecule has 2 aromatic heterocycles. The summed E-state index contributed by atoms with van der Waals surface area (Å²) in [5, 5.41) is 7.66. The molecule has 6 nitrogen and oxygen atoms in total. The monoisotopic (exact) mass is 365 g/mol. The molecule has 1 fully saturated rings. The van der Waals surface area contributed by atoms with Gasteiger partial charge in [0.2, 0.25) is 0 Å². The molecule has 0 bridgehead atoms. The van der Waals surface area contributed by atoms with E-state index < -0.39 is 0 Å². The second-order valence-corrected chi connectivity index (χ2v) is 7.59. The predicted octanol–water partition coefficient (Wildman–Crippen LogP) is 3.82. The molecule has 4 rings (SSSR count). The zero-order valence-electron chi connectivity index (χ0n) is 16.0. The summed E-state index contributed by atoms with van der Waals surface area (Å²) >= 11 is 0. The van der Waals surface area contributed by atoms with Crippen LogP contribution in [0.2, 0.25) is 0 Å². The van der Waals surface area contributed by atoms with Crippen LogP contribution in [-0.4, -0.2) is 38.2 Å². The third-order valence-corrected chi connectivity index (χ3v) is 5.21. The normalized spacial score (nSPS) is 17.7. The lowest BCUT2D eigenvalue weighted by molar-refractivity contribution is 0.301. The third-order valence-electron chi connectivity index (χ3n) is 5.21. The smallest absolute Gasteiger partial charge is 0.130 e. The Hall–Kier alpha value is -2.60. The van der Waals surface area contributed by atoms with Gasteiger partial charge in [0.15, 0.2) is 0 Å². The quantitative estimate of drug-likeness (QED) is 0.668. The Labute approximate surface area is 160 Å². The topological polar surface area (TPSA) is 69.8 Å². The van der Waals surface area contributed by atoms with Crippen molar-refractivity contribution in [1.82, 2.24) is 25.1 Å². The fraction of sp³-hybridized carbons (Fsp3) is 0.429. The first-order valence-corrected chi connectivity index (χ1v) is 9.65. The van der Waals surface area contributed by atoms with Crippen LogP contribution in [0.1, 0.15) is 54.9 Å². The number of nitrogens with zero attached hydrogens (tertiary/aromatic N) is 3. The number of H-pyrrole nitrogens is 2. The molecule has 142 valence electrons. The number of hydrogen-bond donors (Lipinski definition) is 2. The Balaban J connectivity index is 1.29. The van der Waals surface area contributed by atoms with Gasteiger partial charge in [-0.1, -0.05) is 26.0 Å². The van der Waals surface area contributed by atoms with E-state index >= 15 is 0 Å². The van der Waals surface area contributed by atoms with Crippen molar-refractivity contribution >= 4 is 0 Å². The van der Waals surface area contributed by atoms with Crippen LogP contribution in [-0.2, 0) is 13.2 Å². The van der Waals surface area contributed by atoms with Crippen molar-refractivity contribution in [2.45, 2.75) is 45.3 Å². The molecule has 2 N–H and O–H groups in total. The average molecular weight is 365 g/mol. The van der Waals surface area contributed by atoms with Gasteiger partial charge in [-0.05, 0) is 42.6 Å². The second-order valence-electron chi connectivity index (χ2n) is 7.59. The number of aromatic nitrogens is 4. The van der Waals surface area contributed by atoms with Crippen molar-refractivity contribution in [2.24, 2.45) is 0 Å². The standard InChI is InChI=1S/C21H27N5O/c1-15(2)16-3-5-19(6-4-16)27-14-18-11-20(25-24-18)17-7-10-26(12-17)13-21-22-8-9-23-21/h3-6,8-9,11,15,17H,7,10,12-14H2,1-2H3,(H,22,23)(H,24,25)/t17-/m0/s1. The predicted molar refractivity (Wildman–Crippen MR) is 105 cm³/mol. The lowest BCUT2D eigenvalue weighted by Crippen LogP contribution is -2.20. The molecule has 3 heterocycles. The van der Waals surface area contributed by atoms with Crippen molar-refractivity contribution in [3.05, 3.63) is 65.5 Å². The highest BCUT2D eigenvalue weighted by atomic mass is 16.5. The molecule has 3 aromatic rings. The number of benzene rings is 1. The number of imidazole rings is 1. The maximum absolute atomic E-state index is 5.90. The number of nitrogens with one attached hydrogen (secondary N) is 2. The fourth-order valence-electron chi connectivity index (χ4n) is 3.59. The van der Waals surface area contributed by atoms with Gasteiger partial charge < -0.3 is 9.72 Å². The van der Waals surface area contributed by atoms with E-state index in [2.05, 4.69) is 57.1 Å². The summed E-state index contributed by atoms with van der Waals surface area (Å²) in [5.74, 6) is 2.92. The van der Waals surface area contributed by atoms with E-state index in [1.54, 1.807) is 6.20 Å². The van der Waals surface area contributed by atoms with Gasteiger partial charge in [-0.25, -0.2) is 4.98 Å². The van der Waals surface area contributed by atoms with E-state index in [-0.39, 0.29) is 0 Å². The van der Waals surface area contributed by atoms with E-state index in [4.69, 9.17) is 4.74 Å². The highest BCUT2D eigenvalue weighted by Gasteiger charge is 2.26. The highest BCUT2D eigenvalue weighted by molar-refractivity contribution is 5.29. The fourth-order valence-corrected chi connectivity index (χ4v) is 3.59. The van der Waals surface area contributed by atoms with Gasteiger partial charge in [0.05, 0.1) is 17.9 Å². The van der Waals surface area contributed by atoms with Crippen LogP contribution in [0, 0.1) is 0 Å². The highest BCUT2D eigenvalue weighted by Crippen LogP contribution is 2.27. The van der Waals surface area contributed by atoms with Crippen LogP contribution in [0.5, 0.6) is 5.75 Å². The summed E-state index contributed by atoms with van der Waals surface area (Å²) in [4.78, 5) is 9.91. The molecular formula is C21H27N5O. The summed E-state index contributed by atoms with van der Waals surface area (Å²) in [6.07, 6.45) is 4.81. The summed E-state index contributed by atoms with van der Waals surface area (Å²) in [6, 6.07) is 10.5. The summed E-state index contributed by atoms with van der Waals surface area (Å²) in [7, 11) is 0. The van der Waals surface area contributed by atoms with Crippen LogP contribution >= 0.6 is 0 Å². The molecular weight excluding hydrogens is 338 g/mol. The lowest BCUT2D eigenvalue weighted by atomic mass is 10.0. The Morgan fingerprint density at radius 1 is 1.26 bits per heavy atom. The molecule has 6 heteroatoms. The molecule has 1 aliphatic heterocycles. The van der Waals surface area contributed by atoms with E-state index in [1.807, 2.05) is 18.3 Å². The Morgan fingerprint density at radius 2 is 2.11 bits per heavy atom. The van der Waals surface area contributed by atoms with E-state index in [0.29, 0.717) is 18.4 Å². The first-order valence-electron chi connectivity index (χ1n) is 9.65. The number of likely N-dealkylation sites (tertiary alicyclic amines) is 1. The molecule has 0 unspecified atom stereocenters. The molecule has 0 spiro atoms. The van der Waals surface area contributed by atoms with Crippen LogP contribution in [0.25, 0.3) is 0 Å². The summed E-state index contributed by atoms with van der Waals surface area (Å²) in [6.45, 7) is 7.86. The first-order chi connectivity index (χ1) is 13.2. The zero-order valence-corrected chi connectivity index (χ0v) is 16.0. The SMILES string of the molecule is CC(C)c1ccc(OCc2cc([C@H]3CCN(Cc4ncc[nH]4)C3)n[nH]2)cc1. The van der Waals surface area contributed by atoms with Gasteiger partial charge in [-0.3, -0.25) is 10.00 Å². The summed E-state index contributed by atoms with van der Waals surface area (Å²) in [5.41, 5.74) is 3.47. The van der Waals surface area contributed by atoms with Crippen LogP contribution in [0.4, 0.5) is 0 Å². The molecule has 1 saturated heterocycles. The molecule has 0 radical (unpaired) electrons. The van der Waals surface area contributed by atoms with Gasteiger partial charge in [0, 0.05) is 24.9 Å². The molecule has 1 aliphatic rings. The van der Waals surface area contributed by atoms with Crippen molar-refractivity contribution in [1.29, 1.82) is 0 Å². The molecule has 27 heavy (non-hydrogen) atoms. The van der Waals surface area contributed by atoms with Gasteiger partial charge in [0.1, 0.15) is 18.2 Å². The van der Waals surface area contributed by atoms with Gasteiger partial charge in [0.25, 0.3) is 0 Å². The number of hydrogen-bond acceptors (Lipinski definition) is 4. The largest absolute Gasteiger partial charge is 0.487 e. The van der Waals surface area contributed by atoms with E-state index in [1.165, 1.54) is 5.56 Å². The minimum absolute atomic E-state index is 0.468. The van der Waals surface area contributed by atoms with E-state index in [9.17, 15) is 0 Å². The molecule has 0 saturated carbocycles. The lowest BCUT2D eigenvalue weighted by Gasteiger charge is -2.13. The van der Waals surface area contributed by atoms with Gasteiger partial charge in [-0.15, -0.1) is 0 Å². The molecule has 1 aromatic carbocycles. The Morgan fingerprint density at radius 3 is 2.85 bits per heavy atom. The van der Waals surface area contributed by atoms with E-state index in [0.717, 1.165) is 49.0 Å². The molecule has 0 amide bonds.